The van der Waals surface area contributed by atoms with Crippen molar-refractivity contribution in [1.29, 1.82) is 0 Å². The highest BCUT2D eigenvalue weighted by Crippen LogP contribution is 2.29. The van der Waals surface area contributed by atoms with Gasteiger partial charge in [0.15, 0.2) is 11.5 Å². The molecule has 1 amide bonds. The lowest BCUT2D eigenvalue weighted by molar-refractivity contribution is 0.0509. The van der Waals surface area contributed by atoms with Gasteiger partial charge in [0.2, 0.25) is 0 Å². The van der Waals surface area contributed by atoms with Crippen LogP contribution in [0.5, 0.6) is 0 Å². The van der Waals surface area contributed by atoms with Crippen LogP contribution in [-0.2, 0) is 0 Å². The Kier molecular flexibility index (Phi) is 3.97. The number of nitrogens with one attached hydrogen (secondary N) is 2. The van der Waals surface area contributed by atoms with Gasteiger partial charge in [0.25, 0.3) is 5.91 Å². The van der Waals surface area contributed by atoms with E-state index in [1.54, 1.807) is 0 Å². The summed E-state index contributed by atoms with van der Waals surface area (Å²) in [7, 11) is 0. The maximum Gasteiger partial charge on any atom is 0.340 e. The molecule has 0 bridgehead atoms. The fraction of sp³-hybridized carbons (Fsp3) is 0.538. The Labute approximate surface area is 129 Å². The number of aromatic amines is 2. The van der Waals surface area contributed by atoms with Crippen LogP contribution < -0.4 is 5.69 Å². The van der Waals surface area contributed by atoms with Gasteiger partial charge in [-0.25, -0.2) is 14.6 Å². The molecule has 124 valence electrons. The molecule has 0 aliphatic carbocycles. The third-order valence-electron chi connectivity index (χ3n) is 3.93. The molecule has 0 saturated carbocycles. The number of nitrogens with zero attached hydrogens (tertiary/aromatic N) is 4. The van der Waals surface area contributed by atoms with Crippen molar-refractivity contribution in [1.82, 2.24) is 29.9 Å². The van der Waals surface area contributed by atoms with Crippen LogP contribution in [0.4, 0.5) is 8.78 Å². The average Bonchev–Trinajstić information content (AvgIpc) is 3.12. The van der Waals surface area contributed by atoms with Gasteiger partial charge >= 0.3 is 12.2 Å². The molecule has 1 saturated heterocycles. The number of halogens is 2. The topological polar surface area (TPSA) is 99.7 Å². The number of aromatic nitrogens is 5. The van der Waals surface area contributed by atoms with Crippen LogP contribution in [0, 0.1) is 6.92 Å². The highest BCUT2D eigenvalue weighted by Gasteiger charge is 2.32. The lowest BCUT2D eigenvalue weighted by Crippen LogP contribution is -2.39. The van der Waals surface area contributed by atoms with Gasteiger partial charge in [-0.05, 0) is 32.3 Å². The second-order valence-corrected chi connectivity index (χ2v) is 5.47. The van der Waals surface area contributed by atoms with E-state index in [2.05, 4.69) is 20.3 Å². The van der Waals surface area contributed by atoms with E-state index in [1.165, 1.54) is 17.9 Å². The average molecular weight is 326 g/mol. The molecule has 1 fully saturated rings. The summed E-state index contributed by atoms with van der Waals surface area (Å²) in [5, 5.41) is 9.85. The first-order valence-corrected chi connectivity index (χ1v) is 7.27. The van der Waals surface area contributed by atoms with Gasteiger partial charge in [0.1, 0.15) is 0 Å². The lowest BCUT2D eigenvalue weighted by Gasteiger charge is -2.33. The Balaban J connectivity index is 1.89. The van der Waals surface area contributed by atoms with Crippen LogP contribution in [0.2, 0.25) is 0 Å². The van der Waals surface area contributed by atoms with Crippen molar-refractivity contribution >= 4 is 5.91 Å². The first kappa shape index (κ1) is 15.4. The monoisotopic (exact) mass is 326 g/mol. The molecule has 0 spiro atoms. The van der Waals surface area contributed by atoms with Crippen molar-refractivity contribution in [2.45, 2.75) is 38.8 Å². The minimum Gasteiger partial charge on any atom is -0.327 e. The molecule has 2 aromatic rings. The molecule has 3 rings (SSSR count). The molecule has 2 aromatic heterocycles. The Morgan fingerprint density at radius 2 is 2.22 bits per heavy atom. The smallest absolute Gasteiger partial charge is 0.327 e. The van der Waals surface area contributed by atoms with E-state index in [1.807, 2.05) is 0 Å². The largest absolute Gasteiger partial charge is 0.340 e. The first-order chi connectivity index (χ1) is 11.0. The third kappa shape index (κ3) is 2.88. The number of amides is 1. The van der Waals surface area contributed by atoms with Gasteiger partial charge in [-0.1, -0.05) is 0 Å². The number of H-pyrrole nitrogens is 2. The van der Waals surface area contributed by atoms with E-state index >= 15 is 0 Å². The summed E-state index contributed by atoms with van der Waals surface area (Å²) >= 11 is 0. The second kappa shape index (κ2) is 5.94. The predicted octanol–water partition coefficient (Wildman–Crippen LogP) is 1.37. The molecule has 23 heavy (non-hydrogen) atoms. The minimum absolute atomic E-state index is 0.0346. The van der Waals surface area contributed by atoms with E-state index in [9.17, 15) is 18.4 Å². The highest BCUT2D eigenvalue weighted by atomic mass is 19.3. The van der Waals surface area contributed by atoms with Crippen LogP contribution in [0.3, 0.4) is 0 Å². The zero-order valence-corrected chi connectivity index (χ0v) is 12.4. The molecule has 1 unspecified atom stereocenters. The molecule has 0 aromatic carbocycles. The number of rotatable bonds is 3. The number of carbonyl (C=O) groups excluding carboxylic acids is 1. The second-order valence-electron chi connectivity index (χ2n) is 5.47. The first-order valence-electron chi connectivity index (χ1n) is 7.27. The van der Waals surface area contributed by atoms with Gasteiger partial charge in [0.05, 0.1) is 6.04 Å². The molecule has 1 aliphatic rings. The molecule has 1 aliphatic heterocycles. The van der Waals surface area contributed by atoms with E-state index in [0.717, 1.165) is 12.8 Å². The molecule has 8 nitrogen and oxygen atoms in total. The lowest BCUT2D eigenvalue weighted by atomic mass is 10.0. The molecule has 0 radical (unpaired) electrons. The maximum atomic E-state index is 12.8. The van der Waals surface area contributed by atoms with Crippen LogP contribution in [0.25, 0.3) is 0 Å². The van der Waals surface area contributed by atoms with Crippen LogP contribution in [-0.4, -0.2) is 42.3 Å². The molecule has 2 N–H and O–H groups in total. The predicted molar refractivity (Wildman–Crippen MR) is 75.1 cm³/mol. The van der Waals surface area contributed by atoms with Gasteiger partial charge in [-0.15, -0.1) is 0 Å². The summed E-state index contributed by atoms with van der Waals surface area (Å²) in [5.41, 5.74) is -0.270. The Morgan fingerprint density at radius 3 is 2.83 bits per heavy atom. The summed E-state index contributed by atoms with van der Waals surface area (Å²) in [6.07, 6.45) is 2.32. The quantitative estimate of drug-likeness (QED) is 0.889. The zero-order chi connectivity index (χ0) is 16.6. The number of hydrogen-bond donors (Lipinski definition) is 2. The standard InChI is InChI=1S/C13H16F2N6O2/c1-7-6-8(19-21(7)12(14)15)11(22)20-5-3-2-4-9(20)10-16-13(23)18-17-10/h6,9,12H,2-5H2,1H3,(H2,16,17,18,23). The SMILES string of the molecule is Cc1cc(C(=O)N2CCCCC2c2n[nH]c(=O)[nH]2)nn1C(F)F. The summed E-state index contributed by atoms with van der Waals surface area (Å²) in [4.78, 5) is 28.0. The molecular formula is C13H16F2N6O2. The van der Waals surface area contributed by atoms with Crippen molar-refractivity contribution in [3.63, 3.8) is 0 Å². The van der Waals surface area contributed by atoms with Crippen molar-refractivity contribution in [2.24, 2.45) is 0 Å². The minimum atomic E-state index is -2.80. The van der Waals surface area contributed by atoms with Crippen molar-refractivity contribution < 1.29 is 13.6 Å². The normalized spacial score (nSPS) is 18.6. The zero-order valence-electron chi connectivity index (χ0n) is 12.4. The van der Waals surface area contributed by atoms with Crippen LogP contribution >= 0.6 is 0 Å². The Bertz CT molecular complexity index is 765. The third-order valence-corrected chi connectivity index (χ3v) is 3.93. The molecular weight excluding hydrogens is 310 g/mol. The van der Waals surface area contributed by atoms with Crippen molar-refractivity contribution in [2.75, 3.05) is 6.54 Å². The van der Waals surface area contributed by atoms with Crippen molar-refractivity contribution in [3.05, 3.63) is 33.8 Å². The van der Waals surface area contributed by atoms with Gasteiger partial charge < -0.3 is 4.90 Å². The number of piperidine rings is 1. The van der Waals surface area contributed by atoms with Crippen LogP contribution in [0.15, 0.2) is 10.9 Å². The summed E-state index contributed by atoms with van der Waals surface area (Å²) < 4.78 is 26.1. The highest BCUT2D eigenvalue weighted by molar-refractivity contribution is 5.92. The fourth-order valence-corrected chi connectivity index (χ4v) is 2.84. The van der Waals surface area contributed by atoms with E-state index in [0.29, 0.717) is 23.5 Å². The Hall–Kier alpha value is -2.52. The van der Waals surface area contributed by atoms with Gasteiger partial charge in [-0.3, -0.25) is 9.78 Å². The van der Waals surface area contributed by atoms with Gasteiger partial charge in [0, 0.05) is 12.2 Å². The van der Waals surface area contributed by atoms with Crippen molar-refractivity contribution in [3.8, 4) is 0 Å². The molecule has 1 atom stereocenters. The van der Waals surface area contributed by atoms with Gasteiger partial charge in [-0.2, -0.15) is 19.0 Å². The fourth-order valence-electron chi connectivity index (χ4n) is 2.84. The Morgan fingerprint density at radius 1 is 1.43 bits per heavy atom. The van der Waals surface area contributed by atoms with E-state index < -0.39 is 24.2 Å². The summed E-state index contributed by atoms with van der Waals surface area (Å²) in [5.74, 6) is -0.0749. The molecule has 10 heteroatoms. The number of likely N-dealkylation sites (tertiary alicyclic amines) is 1. The van der Waals surface area contributed by atoms with E-state index in [4.69, 9.17) is 0 Å². The van der Waals surface area contributed by atoms with Crippen LogP contribution in [0.1, 0.15) is 53.9 Å². The number of alkyl halides is 2. The number of carbonyl (C=O) groups is 1. The number of aryl methyl sites for hydroxylation is 1. The summed E-state index contributed by atoms with van der Waals surface area (Å²) in [6, 6.07) is 0.945. The maximum absolute atomic E-state index is 12.8. The van der Waals surface area contributed by atoms with E-state index in [-0.39, 0.29) is 11.4 Å². The summed E-state index contributed by atoms with van der Waals surface area (Å²) in [6.45, 7) is -0.871. The number of hydrogen-bond acceptors (Lipinski definition) is 4. The molecule has 3 heterocycles.